The third-order valence-electron chi connectivity index (χ3n) is 2.14. The molecule has 20 heavy (non-hydrogen) atoms. The largest absolute Gasteiger partial charge is 0.416 e. The molecule has 0 radical (unpaired) electrons. The van der Waals surface area contributed by atoms with Crippen molar-refractivity contribution >= 4 is 22.1 Å². The van der Waals surface area contributed by atoms with E-state index < -0.39 is 11.7 Å². The van der Waals surface area contributed by atoms with Gasteiger partial charge in [0.1, 0.15) is 17.8 Å². The van der Waals surface area contributed by atoms with E-state index in [9.17, 15) is 13.2 Å². The van der Waals surface area contributed by atoms with Gasteiger partial charge in [-0.05, 0) is 12.1 Å². The first kappa shape index (κ1) is 15.7. The molecule has 2 N–H and O–H groups in total. The molecule has 0 saturated carbocycles. The zero-order valence-corrected chi connectivity index (χ0v) is 11.3. The van der Waals surface area contributed by atoms with Gasteiger partial charge in [-0.15, -0.1) is 0 Å². The van der Waals surface area contributed by atoms with Gasteiger partial charge in [0.05, 0.1) is 5.56 Å². The van der Waals surface area contributed by atoms with Gasteiger partial charge < -0.3 is 5.73 Å². The summed E-state index contributed by atoms with van der Waals surface area (Å²) < 4.78 is 37.5. The Labute approximate surface area is 120 Å². The Kier molecular flexibility index (Phi) is 4.89. The molecule has 0 aliphatic heterocycles. The van der Waals surface area contributed by atoms with E-state index in [1.165, 1.54) is 6.07 Å². The Bertz CT molecular complexity index is 663. The van der Waals surface area contributed by atoms with Gasteiger partial charge in [-0.3, -0.25) is 0 Å². The first-order valence-electron chi connectivity index (χ1n) is 5.00. The van der Waals surface area contributed by atoms with E-state index in [0.29, 0.717) is 5.56 Å². The minimum atomic E-state index is -4.44. The van der Waals surface area contributed by atoms with Gasteiger partial charge >= 0.3 is 6.18 Å². The average molecular weight is 343 g/mol. The Morgan fingerprint density at radius 2 is 1.95 bits per heavy atom. The second kappa shape index (κ2) is 6.22. The van der Waals surface area contributed by atoms with Crippen molar-refractivity contribution in [3.8, 4) is 12.1 Å². The predicted octanol–water partition coefficient (Wildman–Crippen LogP) is 3.10. The van der Waals surface area contributed by atoms with Gasteiger partial charge in [-0.25, -0.2) is 4.99 Å². The number of alkyl halides is 3. The average Bonchev–Trinajstić information content (AvgIpc) is 2.39. The molecule has 0 bridgehead atoms. The number of hydrogen-bond donors (Lipinski definition) is 1. The van der Waals surface area contributed by atoms with Crippen LogP contribution in [-0.4, -0.2) is 6.21 Å². The standard InChI is InChI=1S/C12H6BrF3N4/c13-9-3-8(12(14,15)16)2-1-7(9)6-20-11(5-18)10(19)4-17/h1-3,6H,19H2. The molecular formula is C12H6BrF3N4. The summed E-state index contributed by atoms with van der Waals surface area (Å²) in [6.45, 7) is 0. The van der Waals surface area contributed by atoms with Crippen LogP contribution in [0.2, 0.25) is 0 Å². The van der Waals surface area contributed by atoms with Gasteiger partial charge in [-0.2, -0.15) is 23.7 Å². The highest BCUT2D eigenvalue weighted by Gasteiger charge is 2.30. The van der Waals surface area contributed by atoms with E-state index in [1.54, 1.807) is 12.1 Å². The number of nitrogens with two attached hydrogens (primary N) is 1. The van der Waals surface area contributed by atoms with Crippen molar-refractivity contribution in [2.75, 3.05) is 0 Å². The third-order valence-corrected chi connectivity index (χ3v) is 2.83. The molecule has 8 heteroatoms. The summed E-state index contributed by atoms with van der Waals surface area (Å²) >= 11 is 2.98. The van der Waals surface area contributed by atoms with Crippen molar-refractivity contribution in [1.29, 1.82) is 10.5 Å². The van der Waals surface area contributed by atoms with Crippen LogP contribution in [0.5, 0.6) is 0 Å². The number of nitriles is 2. The Morgan fingerprint density at radius 1 is 1.30 bits per heavy atom. The number of rotatable bonds is 2. The van der Waals surface area contributed by atoms with Crippen molar-refractivity contribution < 1.29 is 13.2 Å². The molecule has 102 valence electrons. The Hall–Kier alpha value is -2.32. The molecular weight excluding hydrogens is 337 g/mol. The molecule has 0 saturated heterocycles. The molecule has 0 unspecified atom stereocenters. The fourth-order valence-corrected chi connectivity index (χ4v) is 1.64. The van der Waals surface area contributed by atoms with Crippen LogP contribution in [0, 0.1) is 22.7 Å². The van der Waals surface area contributed by atoms with Crippen LogP contribution in [0.4, 0.5) is 13.2 Å². The molecule has 0 aliphatic rings. The number of aliphatic imine (C=N–C) groups is 1. The molecule has 0 aliphatic carbocycles. The lowest BCUT2D eigenvalue weighted by Gasteiger charge is -2.07. The van der Waals surface area contributed by atoms with E-state index in [0.717, 1.165) is 18.3 Å². The predicted molar refractivity (Wildman–Crippen MR) is 69.2 cm³/mol. The number of allylic oxidation sites excluding steroid dienone is 2. The molecule has 0 atom stereocenters. The maximum atomic E-state index is 12.5. The van der Waals surface area contributed by atoms with Crippen LogP contribution in [0.3, 0.4) is 0 Å². The topological polar surface area (TPSA) is 86.0 Å². The number of nitrogens with zero attached hydrogens (tertiary/aromatic N) is 3. The minimum absolute atomic E-state index is 0.156. The first-order chi connectivity index (χ1) is 9.29. The maximum Gasteiger partial charge on any atom is 0.416 e. The number of hydrogen-bond acceptors (Lipinski definition) is 4. The third kappa shape index (κ3) is 3.84. The maximum absolute atomic E-state index is 12.5. The van der Waals surface area contributed by atoms with E-state index >= 15 is 0 Å². The molecule has 1 rings (SSSR count). The van der Waals surface area contributed by atoms with Gasteiger partial charge in [0.25, 0.3) is 0 Å². The first-order valence-corrected chi connectivity index (χ1v) is 5.79. The van der Waals surface area contributed by atoms with Crippen LogP contribution in [0.15, 0.2) is 39.1 Å². The van der Waals surface area contributed by atoms with Crippen molar-refractivity contribution in [2.45, 2.75) is 6.18 Å². The quantitative estimate of drug-likeness (QED) is 0.661. The summed E-state index contributed by atoms with van der Waals surface area (Å²) in [5, 5.41) is 17.2. The molecule has 0 spiro atoms. The summed E-state index contributed by atoms with van der Waals surface area (Å²) in [6.07, 6.45) is -3.30. The molecule has 0 fully saturated rings. The highest BCUT2D eigenvalue weighted by Crippen LogP contribution is 2.31. The van der Waals surface area contributed by atoms with Gasteiger partial charge in [0.2, 0.25) is 0 Å². The van der Waals surface area contributed by atoms with Crippen LogP contribution < -0.4 is 5.73 Å². The van der Waals surface area contributed by atoms with Crippen LogP contribution in [-0.2, 0) is 6.18 Å². The highest BCUT2D eigenvalue weighted by atomic mass is 79.9. The van der Waals surface area contributed by atoms with Crippen molar-refractivity contribution in [2.24, 2.45) is 10.7 Å². The number of halogens is 4. The van der Waals surface area contributed by atoms with Crippen molar-refractivity contribution in [3.63, 3.8) is 0 Å². The second-order valence-corrected chi connectivity index (χ2v) is 4.33. The fraction of sp³-hybridized carbons (Fsp3) is 0.0833. The van der Waals surface area contributed by atoms with Gasteiger partial charge in [0.15, 0.2) is 5.70 Å². The SMILES string of the molecule is N#CC(N)=C(C#N)N=Cc1ccc(C(F)(F)F)cc1Br. The fourth-order valence-electron chi connectivity index (χ4n) is 1.15. The Morgan fingerprint density at radius 3 is 2.40 bits per heavy atom. The van der Waals surface area contributed by atoms with Crippen LogP contribution in [0.1, 0.15) is 11.1 Å². The van der Waals surface area contributed by atoms with Gasteiger partial charge in [0, 0.05) is 16.3 Å². The Balaban J connectivity index is 3.14. The van der Waals surface area contributed by atoms with E-state index in [-0.39, 0.29) is 15.9 Å². The van der Waals surface area contributed by atoms with E-state index in [1.807, 2.05) is 0 Å². The molecule has 4 nitrogen and oxygen atoms in total. The van der Waals surface area contributed by atoms with Crippen LogP contribution >= 0.6 is 15.9 Å². The molecule has 0 aromatic heterocycles. The monoisotopic (exact) mass is 342 g/mol. The lowest BCUT2D eigenvalue weighted by molar-refractivity contribution is -0.137. The lowest BCUT2D eigenvalue weighted by Crippen LogP contribution is -2.05. The second-order valence-electron chi connectivity index (χ2n) is 3.48. The van der Waals surface area contributed by atoms with E-state index in [4.69, 9.17) is 16.3 Å². The smallest absolute Gasteiger partial charge is 0.388 e. The van der Waals surface area contributed by atoms with Gasteiger partial charge in [-0.1, -0.05) is 22.0 Å². The molecule has 1 aromatic carbocycles. The zero-order chi connectivity index (χ0) is 15.3. The van der Waals surface area contributed by atoms with Crippen LogP contribution in [0.25, 0.3) is 0 Å². The summed E-state index contributed by atoms with van der Waals surface area (Å²) in [5.41, 5.74) is 4.06. The molecule has 0 heterocycles. The molecule has 1 aromatic rings. The summed E-state index contributed by atoms with van der Waals surface area (Å²) in [4.78, 5) is 3.67. The van der Waals surface area contributed by atoms with E-state index in [2.05, 4.69) is 20.9 Å². The minimum Gasteiger partial charge on any atom is -0.388 e. The van der Waals surface area contributed by atoms with Crippen molar-refractivity contribution in [3.05, 3.63) is 45.2 Å². The normalized spacial score (nSPS) is 12.7. The summed E-state index contributed by atoms with van der Waals surface area (Å²) in [6, 6.07) is 6.14. The molecule has 0 amide bonds. The summed E-state index contributed by atoms with van der Waals surface area (Å²) in [7, 11) is 0. The zero-order valence-electron chi connectivity index (χ0n) is 9.74. The number of benzene rings is 1. The summed E-state index contributed by atoms with van der Waals surface area (Å²) in [5.74, 6) is 0. The lowest BCUT2D eigenvalue weighted by atomic mass is 10.1. The highest BCUT2D eigenvalue weighted by molar-refractivity contribution is 9.10. The van der Waals surface area contributed by atoms with Crippen molar-refractivity contribution in [1.82, 2.24) is 0 Å².